The van der Waals surface area contributed by atoms with Crippen molar-refractivity contribution in [1.29, 1.82) is 0 Å². The zero-order valence-corrected chi connectivity index (χ0v) is 14.6. The summed E-state index contributed by atoms with van der Waals surface area (Å²) in [5.41, 5.74) is 1.62. The molecule has 0 radical (unpaired) electrons. The summed E-state index contributed by atoms with van der Waals surface area (Å²) in [6, 6.07) is 10.9. The molecule has 5 heteroatoms. The number of hydrogen-bond acceptors (Lipinski definition) is 4. The first-order chi connectivity index (χ1) is 11.0. The number of aliphatic hydroxyl groups is 1. The third kappa shape index (κ3) is 3.57. The molecule has 1 N–H and O–H groups in total. The molecule has 2 aromatic carbocycles. The van der Waals surface area contributed by atoms with E-state index in [1.807, 2.05) is 38.1 Å². The minimum Gasteiger partial charge on any atom is -0.496 e. The van der Waals surface area contributed by atoms with E-state index in [0.717, 1.165) is 5.56 Å². The number of methoxy groups -OCH3 is 2. The highest BCUT2D eigenvalue weighted by molar-refractivity contribution is 7.85. The first-order valence-electron chi connectivity index (χ1n) is 7.44. The topological polar surface area (TPSA) is 55.8 Å². The quantitative estimate of drug-likeness (QED) is 0.876. The fourth-order valence-electron chi connectivity index (χ4n) is 2.39. The van der Waals surface area contributed by atoms with Crippen molar-refractivity contribution in [2.45, 2.75) is 36.2 Å². The van der Waals surface area contributed by atoms with Gasteiger partial charge in [0, 0.05) is 10.5 Å². The molecule has 0 saturated carbocycles. The van der Waals surface area contributed by atoms with Gasteiger partial charge in [0.05, 0.1) is 36.0 Å². The molecule has 2 rings (SSSR count). The van der Waals surface area contributed by atoms with E-state index in [2.05, 4.69) is 0 Å². The van der Waals surface area contributed by atoms with Crippen molar-refractivity contribution in [1.82, 2.24) is 0 Å². The van der Waals surface area contributed by atoms with E-state index in [9.17, 15) is 9.32 Å². The average molecular weight is 334 g/mol. The molecular formula is C18H22O4S. The van der Waals surface area contributed by atoms with Crippen LogP contribution in [0.2, 0.25) is 0 Å². The molecule has 2 aromatic rings. The molecule has 1 unspecified atom stereocenters. The smallest absolute Gasteiger partial charge is 0.136 e. The SMILES string of the molecule is CC[C@@H](O)c1c(OC)ccc(OC)c1S(=O)c1ccc(C)cc1. The van der Waals surface area contributed by atoms with Crippen LogP contribution < -0.4 is 9.47 Å². The molecule has 0 aliphatic rings. The van der Waals surface area contributed by atoms with E-state index in [4.69, 9.17) is 9.47 Å². The number of aliphatic hydroxyl groups excluding tert-OH is 1. The molecule has 0 spiro atoms. The Balaban J connectivity index is 2.66. The Morgan fingerprint density at radius 3 is 2.13 bits per heavy atom. The molecule has 0 saturated heterocycles. The van der Waals surface area contributed by atoms with Gasteiger partial charge in [-0.05, 0) is 37.6 Å². The fraction of sp³-hybridized carbons (Fsp3) is 0.333. The molecule has 0 bridgehead atoms. The molecular weight excluding hydrogens is 312 g/mol. The second-order valence-corrected chi connectivity index (χ2v) is 6.64. The Hall–Kier alpha value is -1.85. The number of benzene rings is 2. The summed E-state index contributed by atoms with van der Waals surface area (Å²) < 4.78 is 23.9. The van der Waals surface area contributed by atoms with Gasteiger partial charge in [-0.2, -0.15) is 0 Å². The number of rotatable bonds is 6. The molecule has 0 aromatic heterocycles. The van der Waals surface area contributed by atoms with Gasteiger partial charge in [-0.1, -0.05) is 24.6 Å². The lowest BCUT2D eigenvalue weighted by atomic mass is 10.1. The zero-order valence-electron chi connectivity index (χ0n) is 13.8. The van der Waals surface area contributed by atoms with Gasteiger partial charge < -0.3 is 14.6 Å². The van der Waals surface area contributed by atoms with Crippen molar-refractivity contribution < 1.29 is 18.8 Å². The van der Waals surface area contributed by atoms with Crippen molar-refractivity contribution in [3.63, 3.8) is 0 Å². The van der Waals surface area contributed by atoms with E-state index < -0.39 is 16.9 Å². The van der Waals surface area contributed by atoms with Crippen LogP contribution in [0.1, 0.15) is 30.6 Å². The number of hydrogen-bond donors (Lipinski definition) is 1. The second kappa shape index (κ2) is 7.62. The van der Waals surface area contributed by atoms with Gasteiger partial charge in [0.25, 0.3) is 0 Å². The first-order valence-corrected chi connectivity index (χ1v) is 8.59. The minimum atomic E-state index is -1.48. The Morgan fingerprint density at radius 2 is 1.61 bits per heavy atom. The van der Waals surface area contributed by atoms with Gasteiger partial charge in [0.1, 0.15) is 11.5 Å². The zero-order chi connectivity index (χ0) is 17.0. The monoisotopic (exact) mass is 334 g/mol. The van der Waals surface area contributed by atoms with Gasteiger partial charge in [0.2, 0.25) is 0 Å². The van der Waals surface area contributed by atoms with E-state index in [1.165, 1.54) is 14.2 Å². The summed E-state index contributed by atoms with van der Waals surface area (Å²) >= 11 is 0. The van der Waals surface area contributed by atoms with Crippen molar-refractivity contribution in [2.75, 3.05) is 14.2 Å². The van der Waals surface area contributed by atoms with E-state index >= 15 is 0 Å². The van der Waals surface area contributed by atoms with Crippen LogP contribution in [0, 0.1) is 6.92 Å². The van der Waals surface area contributed by atoms with Gasteiger partial charge in [-0.15, -0.1) is 0 Å². The molecule has 0 aliphatic heterocycles. The number of ether oxygens (including phenoxy) is 2. The normalized spacial score (nSPS) is 13.4. The largest absolute Gasteiger partial charge is 0.496 e. The van der Waals surface area contributed by atoms with E-state index in [0.29, 0.717) is 33.3 Å². The highest BCUT2D eigenvalue weighted by Gasteiger charge is 2.25. The Morgan fingerprint density at radius 1 is 1.04 bits per heavy atom. The fourth-order valence-corrected chi connectivity index (χ4v) is 3.78. The molecule has 0 fully saturated rings. The lowest BCUT2D eigenvalue weighted by Gasteiger charge is -2.20. The predicted octanol–water partition coefficient (Wildman–Crippen LogP) is 3.62. The summed E-state index contributed by atoms with van der Waals surface area (Å²) in [6.07, 6.45) is -0.286. The van der Waals surface area contributed by atoms with Crippen LogP contribution in [0.5, 0.6) is 11.5 Å². The Labute approximate surface area is 139 Å². The molecule has 124 valence electrons. The number of aryl methyl sites for hydroxylation is 1. The maximum atomic E-state index is 13.1. The predicted molar refractivity (Wildman–Crippen MR) is 90.7 cm³/mol. The molecule has 0 aliphatic carbocycles. The summed E-state index contributed by atoms with van der Waals surface area (Å²) in [5.74, 6) is 0.989. The average Bonchev–Trinajstić information content (AvgIpc) is 2.59. The standard InChI is InChI=1S/C18H22O4S/c1-5-14(19)17-15(21-3)10-11-16(22-4)18(17)23(20)13-8-6-12(2)7-9-13/h6-11,14,19H,5H2,1-4H3/t14-,23?/m1/s1. The van der Waals surface area contributed by atoms with Crippen molar-refractivity contribution in [3.8, 4) is 11.5 Å². The summed E-state index contributed by atoms with van der Waals surface area (Å²) in [7, 11) is 1.58. The molecule has 4 nitrogen and oxygen atoms in total. The van der Waals surface area contributed by atoms with Gasteiger partial charge in [-0.25, -0.2) is 4.21 Å². The van der Waals surface area contributed by atoms with Gasteiger partial charge in [0.15, 0.2) is 0 Å². The van der Waals surface area contributed by atoms with Crippen LogP contribution in [0.15, 0.2) is 46.2 Å². The van der Waals surface area contributed by atoms with Gasteiger partial charge >= 0.3 is 0 Å². The van der Waals surface area contributed by atoms with Crippen LogP contribution >= 0.6 is 0 Å². The molecule has 23 heavy (non-hydrogen) atoms. The lowest BCUT2D eigenvalue weighted by molar-refractivity contribution is 0.165. The van der Waals surface area contributed by atoms with Gasteiger partial charge in [-0.3, -0.25) is 0 Å². The molecule has 2 atom stereocenters. The summed E-state index contributed by atoms with van der Waals surface area (Å²) in [6.45, 7) is 3.84. The first kappa shape index (κ1) is 17.5. The molecule has 0 amide bonds. The van der Waals surface area contributed by atoms with Crippen LogP contribution in [-0.4, -0.2) is 23.5 Å². The molecule has 0 heterocycles. The van der Waals surface area contributed by atoms with Crippen molar-refractivity contribution >= 4 is 10.8 Å². The van der Waals surface area contributed by atoms with Crippen molar-refractivity contribution in [2.24, 2.45) is 0 Å². The third-order valence-electron chi connectivity index (χ3n) is 3.70. The lowest BCUT2D eigenvalue weighted by Crippen LogP contribution is -2.08. The maximum absolute atomic E-state index is 13.1. The Kier molecular flexibility index (Phi) is 5.80. The Bertz CT molecular complexity index is 695. The van der Waals surface area contributed by atoms with Crippen LogP contribution in [0.4, 0.5) is 0 Å². The summed E-state index contributed by atoms with van der Waals surface area (Å²) in [5, 5.41) is 10.4. The second-order valence-electron chi connectivity index (χ2n) is 5.22. The van der Waals surface area contributed by atoms with Crippen LogP contribution in [-0.2, 0) is 10.8 Å². The van der Waals surface area contributed by atoms with Crippen molar-refractivity contribution in [3.05, 3.63) is 47.5 Å². The van der Waals surface area contributed by atoms with E-state index in [1.54, 1.807) is 12.1 Å². The van der Waals surface area contributed by atoms with Crippen LogP contribution in [0.3, 0.4) is 0 Å². The van der Waals surface area contributed by atoms with Crippen LogP contribution in [0.25, 0.3) is 0 Å². The maximum Gasteiger partial charge on any atom is 0.136 e. The highest BCUT2D eigenvalue weighted by Crippen LogP contribution is 2.40. The third-order valence-corrected chi connectivity index (χ3v) is 5.19. The summed E-state index contributed by atoms with van der Waals surface area (Å²) in [4.78, 5) is 1.12. The minimum absolute atomic E-state index is 0.463. The van der Waals surface area contributed by atoms with E-state index in [-0.39, 0.29) is 0 Å². The highest BCUT2D eigenvalue weighted by atomic mass is 32.2.